The molecule has 111 valence electrons. The molecule has 1 aromatic heterocycles. The molecular weight excluding hydrogens is 391 g/mol. The van der Waals surface area contributed by atoms with Crippen LogP contribution < -0.4 is 10.3 Å². The van der Waals surface area contributed by atoms with Gasteiger partial charge in [0.2, 0.25) is 5.56 Å². The fourth-order valence-corrected chi connectivity index (χ4v) is 1.95. The van der Waals surface area contributed by atoms with E-state index in [1.54, 1.807) is 6.07 Å². The monoisotopic (exact) mass is 398 g/mol. The van der Waals surface area contributed by atoms with Gasteiger partial charge < -0.3 is 9.30 Å². The third-order valence-corrected chi connectivity index (χ3v) is 3.01. The molecule has 1 heterocycles. The van der Waals surface area contributed by atoms with E-state index in [0.717, 1.165) is 22.8 Å². The van der Waals surface area contributed by atoms with Crippen LogP contribution in [0.4, 0.5) is 8.78 Å². The maximum atomic E-state index is 14.1. The molecular formula is C14H8ClF2N2O2Y-. The SMILES string of the molecule is Cn1c(-c2c(F)cc(OCC#N)cc2F)[c-]cc(Cl)c1=O.[Y]. The minimum atomic E-state index is -0.934. The van der Waals surface area contributed by atoms with E-state index in [2.05, 4.69) is 6.07 Å². The molecule has 2 rings (SSSR count). The van der Waals surface area contributed by atoms with Crippen molar-refractivity contribution in [2.45, 2.75) is 0 Å². The number of nitriles is 1. The van der Waals surface area contributed by atoms with Crippen molar-refractivity contribution < 1.29 is 46.2 Å². The van der Waals surface area contributed by atoms with E-state index in [1.807, 2.05) is 0 Å². The van der Waals surface area contributed by atoms with Gasteiger partial charge in [-0.1, -0.05) is 5.69 Å². The molecule has 4 nitrogen and oxygen atoms in total. The molecule has 0 saturated heterocycles. The molecule has 0 aliphatic rings. The van der Waals surface area contributed by atoms with Crippen molar-refractivity contribution >= 4 is 11.6 Å². The van der Waals surface area contributed by atoms with Gasteiger partial charge in [-0.25, -0.2) is 8.78 Å². The fraction of sp³-hybridized carbons (Fsp3) is 0.143. The maximum Gasteiger partial charge on any atom is 0.212 e. The number of pyridine rings is 1. The van der Waals surface area contributed by atoms with E-state index in [0.29, 0.717) is 0 Å². The van der Waals surface area contributed by atoms with Crippen molar-refractivity contribution in [3.8, 4) is 23.1 Å². The van der Waals surface area contributed by atoms with Crippen molar-refractivity contribution in [3.63, 3.8) is 0 Å². The van der Waals surface area contributed by atoms with Crippen LogP contribution in [-0.2, 0) is 39.8 Å². The first-order valence-corrected chi connectivity index (χ1v) is 6.10. The van der Waals surface area contributed by atoms with Crippen LogP contribution in [0.5, 0.6) is 5.75 Å². The molecule has 1 aromatic carbocycles. The van der Waals surface area contributed by atoms with E-state index in [9.17, 15) is 13.6 Å². The van der Waals surface area contributed by atoms with Gasteiger partial charge in [0.05, 0.1) is 11.6 Å². The number of aromatic nitrogens is 1. The first-order valence-electron chi connectivity index (χ1n) is 5.72. The summed E-state index contributed by atoms with van der Waals surface area (Å²) in [7, 11) is 1.33. The Bertz CT molecular complexity index is 779. The summed E-state index contributed by atoms with van der Waals surface area (Å²) < 4.78 is 34.0. The summed E-state index contributed by atoms with van der Waals surface area (Å²) in [6.45, 7) is -0.330. The standard InChI is InChI=1S/C14H8ClF2N2O2.Y/c1-19-12(3-2-9(15)14(19)20)13-10(16)6-8(7-11(13)17)21-5-4-18;/h2,6-7H,5H2,1H3;/q-1;. The van der Waals surface area contributed by atoms with Crippen molar-refractivity contribution in [1.82, 2.24) is 4.57 Å². The molecule has 0 fully saturated rings. The molecule has 0 bridgehead atoms. The molecule has 0 amide bonds. The van der Waals surface area contributed by atoms with E-state index in [-0.39, 0.29) is 55.8 Å². The van der Waals surface area contributed by atoms with E-state index in [1.165, 1.54) is 7.05 Å². The second-order valence-corrected chi connectivity index (χ2v) is 4.47. The van der Waals surface area contributed by atoms with Crippen LogP contribution in [-0.4, -0.2) is 11.2 Å². The van der Waals surface area contributed by atoms with Gasteiger partial charge in [0, 0.05) is 56.9 Å². The van der Waals surface area contributed by atoms with Gasteiger partial charge in [0.25, 0.3) is 0 Å². The summed E-state index contributed by atoms with van der Waals surface area (Å²) in [4.78, 5) is 11.7. The molecule has 2 aromatic rings. The molecule has 22 heavy (non-hydrogen) atoms. The Balaban J connectivity index is 0.00000242. The Hall–Kier alpha value is -1.29. The number of rotatable bonds is 3. The van der Waals surface area contributed by atoms with Crippen LogP contribution in [0.3, 0.4) is 0 Å². The number of halogens is 3. The largest absolute Gasteiger partial charge is 0.479 e. The van der Waals surface area contributed by atoms with Gasteiger partial charge >= 0.3 is 0 Å². The Morgan fingerprint density at radius 2 is 2.00 bits per heavy atom. The van der Waals surface area contributed by atoms with Crippen molar-refractivity contribution in [2.24, 2.45) is 7.05 Å². The van der Waals surface area contributed by atoms with Crippen LogP contribution >= 0.6 is 11.6 Å². The first kappa shape index (κ1) is 18.8. The molecule has 0 atom stereocenters. The zero-order valence-electron chi connectivity index (χ0n) is 11.4. The van der Waals surface area contributed by atoms with Gasteiger partial charge in [-0.3, -0.25) is 4.79 Å². The summed E-state index contributed by atoms with van der Waals surface area (Å²) in [5.74, 6) is -1.98. The fourth-order valence-electron chi connectivity index (χ4n) is 1.77. The number of ether oxygens (including phenoxy) is 1. The summed E-state index contributed by atoms with van der Waals surface area (Å²) in [5.41, 5.74) is -1.09. The third kappa shape index (κ3) is 3.72. The van der Waals surface area contributed by atoms with Crippen LogP contribution in [0.25, 0.3) is 11.3 Å². The van der Waals surface area contributed by atoms with E-state index < -0.39 is 22.8 Å². The maximum absolute atomic E-state index is 14.1. The van der Waals surface area contributed by atoms with Gasteiger partial charge in [0.15, 0.2) is 6.61 Å². The second kappa shape index (κ2) is 7.82. The minimum absolute atomic E-state index is 0. The summed E-state index contributed by atoms with van der Waals surface area (Å²) in [6.07, 6.45) is 0. The quantitative estimate of drug-likeness (QED) is 0.747. The zero-order chi connectivity index (χ0) is 15.6. The smallest absolute Gasteiger partial charge is 0.212 e. The minimum Gasteiger partial charge on any atom is -0.479 e. The number of hydrogen-bond donors (Lipinski definition) is 0. The average molecular weight is 399 g/mol. The topological polar surface area (TPSA) is 55.0 Å². The molecule has 0 aliphatic carbocycles. The second-order valence-electron chi connectivity index (χ2n) is 4.06. The Morgan fingerprint density at radius 1 is 1.41 bits per heavy atom. The van der Waals surface area contributed by atoms with Gasteiger partial charge in [-0.2, -0.15) is 29.0 Å². The molecule has 8 heteroatoms. The zero-order valence-corrected chi connectivity index (χ0v) is 15.0. The molecule has 0 aliphatic heterocycles. The van der Waals surface area contributed by atoms with Crippen LogP contribution in [0.2, 0.25) is 5.02 Å². The Morgan fingerprint density at radius 3 is 2.55 bits per heavy atom. The average Bonchev–Trinajstić information content (AvgIpc) is 2.44. The van der Waals surface area contributed by atoms with E-state index >= 15 is 0 Å². The van der Waals surface area contributed by atoms with E-state index in [4.69, 9.17) is 21.6 Å². The number of hydrogen-bond acceptors (Lipinski definition) is 3. The molecule has 1 radical (unpaired) electrons. The summed E-state index contributed by atoms with van der Waals surface area (Å²) in [5, 5.41) is 8.27. The molecule has 0 spiro atoms. The van der Waals surface area contributed by atoms with Crippen LogP contribution in [0, 0.1) is 29.0 Å². The molecule has 0 saturated carbocycles. The van der Waals surface area contributed by atoms with Gasteiger partial charge in [0.1, 0.15) is 11.8 Å². The van der Waals surface area contributed by atoms with Crippen LogP contribution in [0.1, 0.15) is 0 Å². The van der Waals surface area contributed by atoms with Crippen LogP contribution in [0.15, 0.2) is 23.0 Å². The summed E-state index contributed by atoms with van der Waals surface area (Å²) in [6, 6.07) is 7.27. The predicted octanol–water partition coefficient (Wildman–Crippen LogP) is 2.68. The summed E-state index contributed by atoms with van der Waals surface area (Å²) >= 11 is 5.63. The third-order valence-electron chi connectivity index (χ3n) is 2.74. The Kier molecular flexibility index (Phi) is 6.67. The van der Waals surface area contributed by atoms with Crippen molar-refractivity contribution in [3.05, 3.63) is 51.3 Å². The van der Waals surface area contributed by atoms with Gasteiger partial charge in [-0.15, -0.1) is 0 Å². The molecule has 0 N–H and O–H groups in total. The predicted molar refractivity (Wildman–Crippen MR) is 72.0 cm³/mol. The molecule has 0 unspecified atom stereocenters. The first-order chi connectivity index (χ1) is 9.95. The van der Waals surface area contributed by atoms with Crippen molar-refractivity contribution in [2.75, 3.05) is 6.61 Å². The number of benzene rings is 1. The number of nitrogens with zero attached hydrogens (tertiary/aromatic N) is 2. The Labute approximate surface area is 155 Å². The van der Waals surface area contributed by atoms with Crippen molar-refractivity contribution in [1.29, 1.82) is 5.26 Å². The van der Waals surface area contributed by atoms with Gasteiger partial charge in [-0.05, 0) is 5.56 Å². The normalized spacial score (nSPS) is 9.77.